The van der Waals surface area contributed by atoms with Gasteiger partial charge in [-0.05, 0) is 19.3 Å². The molecule has 173 valence electrons. The third-order valence-electron chi connectivity index (χ3n) is 5.07. The summed E-state index contributed by atoms with van der Waals surface area (Å²) >= 11 is 0. The van der Waals surface area contributed by atoms with Gasteiger partial charge in [-0.2, -0.15) is 13.2 Å². The first kappa shape index (κ1) is 28.2. The van der Waals surface area contributed by atoms with Gasteiger partial charge in [0.05, 0.1) is 6.54 Å². The number of halogens is 3. The Labute approximate surface area is 176 Å². The number of amides is 1. The number of carbonyl (C=O) groups excluding carboxylic acids is 1. The predicted octanol–water partition coefficient (Wildman–Crippen LogP) is 7.79. The fourth-order valence-corrected chi connectivity index (χ4v) is 3.41. The number of rotatable bonds is 19. The van der Waals surface area contributed by atoms with Crippen LogP contribution in [-0.2, 0) is 9.53 Å². The topological polar surface area (TPSA) is 29.5 Å². The van der Waals surface area contributed by atoms with Gasteiger partial charge in [-0.3, -0.25) is 4.79 Å². The van der Waals surface area contributed by atoms with Crippen molar-refractivity contribution in [2.45, 2.75) is 129 Å². The van der Waals surface area contributed by atoms with E-state index in [4.69, 9.17) is 4.74 Å². The number of hydrogen-bond donors (Lipinski definition) is 0. The highest BCUT2D eigenvalue weighted by molar-refractivity contribution is 5.82. The van der Waals surface area contributed by atoms with Gasteiger partial charge in [0.1, 0.15) is 6.23 Å². The van der Waals surface area contributed by atoms with Crippen LogP contribution in [0.15, 0.2) is 0 Å². The summed E-state index contributed by atoms with van der Waals surface area (Å²) in [5.41, 5.74) is 0. The summed E-state index contributed by atoms with van der Waals surface area (Å²) in [4.78, 5) is 12.3. The molecule has 29 heavy (non-hydrogen) atoms. The summed E-state index contributed by atoms with van der Waals surface area (Å²) in [6, 6.07) is 0. The van der Waals surface area contributed by atoms with Crippen LogP contribution in [0.2, 0.25) is 0 Å². The van der Waals surface area contributed by atoms with Gasteiger partial charge in [-0.15, -0.1) is 0 Å². The molecule has 1 radical (unpaired) electrons. The Hall–Kier alpha value is -0.780. The van der Waals surface area contributed by atoms with E-state index in [1.807, 2.05) is 0 Å². The van der Waals surface area contributed by atoms with Crippen molar-refractivity contribution in [3.8, 4) is 0 Å². The summed E-state index contributed by atoms with van der Waals surface area (Å²) in [6.07, 6.45) is 11.1. The number of unbranched alkanes of at least 4 members (excludes halogenated alkanes) is 12. The maximum atomic E-state index is 12.8. The molecule has 0 rings (SSSR count). The third kappa shape index (κ3) is 14.8. The average molecular weight is 423 g/mol. The summed E-state index contributed by atoms with van der Waals surface area (Å²) in [6.45, 7) is 7.33. The molecule has 0 aromatic rings. The monoisotopic (exact) mass is 422 g/mol. The van der Waals surface area contributed by atoms with Gasteiger partial charge in [-0.25, -0.2) is 0 Å². The van der Waals surface area contributed by atoms with E-state index < -0.39 is 18.3 Å². The van der Waals surface area contributed by atoms with Crippen LogP contribution in [0.1, 0.15) is 117 Å². The Morgan fingerprint density at radius 3 is 1.66 bits per heavy atom. The molecule has 0 aromatic carbocycles. The zero-order valence-corrected chi connectivity index (χ0v) is 18.9. The lowest BCUT2D eigenvalue weighted by atomic mass is 10.0. The van der Waals surface area contributed by atoms with E-state index >= 15 is 0 Å². The van der Waals surface area contributed by atoms with Gasteiger partial charge >= 0.3 is 12.1 Å². The fourth-order valence-electron chi connectivity index (χ4n) is 3.41. The van der Waals surface area contributed by atoms with E-state index in [2.05, 4.69) is 6.92 Å². The first-order valence-electron chi connectivity index (χ1n) is 11.7. The van der Waals surface area contributed by atoms with E-state index in [9.17, 15) is 18.0 Å². The molecule has 0 aliphatic carbocycles. The lowest BCUT2D eigenvalue weighted by molar-refractivity contribution is -0.195. The molecule has 0 fully saturated rings. The maximum Gasteiger partial charge on any atom is 0.471 e. The lowest BCUT2D eigenvalue weighted by Gasteiger charge is -2.31. The largest absolute Gasteiger partial charge is 0.471 e. The number of carbonyl (C=O) groups is 1. The lowest BCUT2D eigenvalue weighted by Crippen LogP contribution is -2.46. The second kappa shape index (κ2) is 18.0. The zero-order chi connectivity index (χ0) is 22.0. The van der Waals surface area contributed by atoms with E-state index in [1.165, 1.54) is 70.8 Å². The van der Waals surface area contributed by atoms with E-state index in [1.54, 1.807) is 13.8 Å². The molecular formula is C23H43F3NO2. The first-order chi connectivity index (χ1) is 13.9. The second-order valence-electron chi connectivity index (χ2n) is 7.78. The fraction of sp³-hybridized carbons (Fsp3) is 0.913. The summed E-state index contributed by atoms with van der Waals surface area (Å²) in [5.74, 6) is -1.85. The maximum absolute atomic E-state index is 12.8. The van der Waals surface area contributed by atoms with Crippen molar-refractivity contribution in [1.82, 2.24) is 4.90 Å². The minimum Gasteiger partial charge on any atom is -0.358 e. The van der Waals surface area contributed by atoms with Crippen LogP contribution in [0.5, 0.6) is 0 Å². The molecule has 3 nitrogen and oxygen atoms in total. The Bertz CT molecular complexity index is 389. The summed E-state index contributed by atoms with van der Waals surface area (Å²) in [5, 5.41) is 0. The molecule has 0 heterocycles. The highest BCUT2D eigenvalue weighted by Crippen LogP contribution is 2.23. The van der Waals surface area contributed by atoms with Gasteiger partial charge in [0.15, 0.2) is 0 Å². The van der Waals surface area contributed by atoms with E-state index in [-0.39, 0.29) is 0 Å². The molecule has 0 aliphatic rings. The minimum atomic E-state index is -4.88. The highest BCUT2D eigenvalue weighted by atomic mass is 19.4. The molecule has 1 unspecified atom stereocenters. The van der Waals surface area contributed by atoms with Crippen molar-refractivity contribution in [3.05, 3.63) is 6.54 Å². The Morgan fingerprint density at radius 1 is 0.828 bits per heavy atom. The standard InChI is InChI=1S/C23H43F3NO2/c1-4-7-8-9-10-11-12-13-14-15-16-17-18-20-29-21(6-3)27(19-5-2)22(28)23(24,25)26/h19,21H,4-18,20H2,1-3H3. The smallest absolute Gasteiger partial charge is 0.358 e. The van der Waals surface area contributed by atoms with E-state index in [0.29, 0.717) is 24.3 Å². The van der Waals surface area contributed by atoms with Crippen LogP contribution >= 0.6 is 0 Å². The van der Waals surface area contributed by atoms with Crippen LogP contribution in [0, 0.1) is 6.54 Å². The second-order valence-corrected chi connectivity index (χ2v) is 7.78. The number of hydrogen-bond acceptors (Lipinski definition) is 2. The van der Waals surface area contributed by atoms with Gasteiger partial charge in [0, 0.05) is 6.61 Å². The van der Waals surface area contributed by atoms with E-state index in [0.717, 1.165) is 19.3 Å². The Kier molecular flexibility index (Phi) is 17.5. The van der Waals surface area contributed by atoms with Gasteiger partial charge < -0.3 is 9.64 Å². The molecule has 1 amide bonds. The van der Waals surface area contributed by atoms with Gasteiger partial charge in [-0.1, -0.05) is 97.8 Å². The quantitative estimate of drug-likeness (QED) is 0.157. The zero-order valence-electron chi connectivity index (χ0n) is 18.9. The number of alkyl halides is 3. The minimum absolute atomic E-state index is 0.330. The molecule has 0 saturated heterocycles. The van der Waals surface area contributed by atoms with Crippen molar-refractivity contribution >= 4 is 5.91 Å². The van der Waals surface area contributed by atoms with Crippen molar-refractivity contribution < 1.29 is 22.7 Å². The summed E-state index contributed by atoms with van der Waals surface area (Å²) in [7, 11) is 0. The van der Waals surface area contributed by atoms with Gasteiger partial charge in [0.2, 0.25) is 0 Å². The van der Waals surface area contributed by atoms with Crippen LogP contribution in [0.3, 0.4) is 0 Å². The highest BCUT2D eigenvalue weighted by Gasteiger charge is 2.44. The molecule has 0 bridgehead atoms. The molecular weight excluding hydrogens is 379 g/mol. The Balaban J connectivity index is 3.79. The van der Waals surface area contributed by atoms with Gasteiger partial charge in [0.25, 0.3) is 0 Å². The average Bonchev–Trinajstić information content (AvgIpc) is 2.68. The number of nitrogens with zero attached hydrogens (tertiary/aromatic N) is 1. The van der Waals surface area contributed by atoms with Crippen molar-refractivity contribution in [3.63, 3.8) is 0 Å². The molecule has 0 aliphatic heterocycles. The molecule has 0 saturated carbocycles. The SMILES string of the molecule is CC[CH]N(C(=O)C(F)(F)F)C(CC)OCCCCCCCCCCCCCCC. The van der Waals surface area contributed by atoms with Crippen LogP contribution < -0.4 is 0 Å². The number of ether oxygens (including phenoxy) is 1. The molecule has 1 atom stereocenters. The van der Waals surface area contributed by atoms with Crippen molar-refractivity contribution in [2.75, 3.05) is 6.61 Å². The molecule has 0 aromatic heterocycles. The molecule has 0 N–H and O–H groups in total. The predicted molar refractivity (Wildman–Crippen MR) is 113 cm³/mol. The van der Waals surface area contributed by atoms with Crippen molar-refractivity contribution in [2.24, 2.45) is 0 Å². The third-order valence-corrected chi connectivity index (χ3v) is 5.07. The first-order valence-corrected chi connectivity index (χ1v) is 11.7. The van der Waals surface area contributed by atoms with Crippen molar-refractivity contribution in [1.29, 1.82) is 0 Å². The molecule has 6 heteroatoms. The summed E-state index contributed by atoms with van der Waals surface area (Å²) < 4.78 is 43.9. The normalized spacial score (nSPS) is 12.9. The van der Waals surface area contributed by atoms with Crippen LogP contribution in [0.4, 0.5) is 13.2 Å². The Morgan fingerprint density at radius 2 is 1.28 bits per heavy atom. The molecule has 0 spiro atoms. The van der Waals surface area contributed by atoms with Crippen LogP contribution in [0.25, 0.3) is 0 Å². The van der Waals surface area contributed by atoms with Crippen LogP contribution in [-0.4, -0.2) is 29.8 Å².